The molecular weight excluding hydrogens is 270 g/mol. The van der Waals surface area contributed by atoms with Gasteiger partial charge in [0.2, 0.25) is 0 Å². The molecule has 0 aliphatic rings. The summed E-state index contributed by atoms with van der Waals surface area (Å²) in [6.45, 7) is 6.15. The van der Waals surface area contributed by atoms with Crippen molar-refractivity contribution in [1.29, 1.82) is 0 Å². The van der Waals surface area contributed by atoms with Gasteiger partial charge >= 0.3 is 0 Å². The van der Waals surface area contributed by atoms with E-state index in [2.05, 4.69) is 36.7 Å². The zero-order chi connectivity index (χ0) is 14.6. The van der Waals surface area contributed by atoms with Crippen molar-refractivity contribution in [3.63, 3.8) is 0 Å². The minimum Gasteiger partial charge on any atom is -0.389 e. The molecule has 0 saturated carbocycles. The van der Waals surface area contributed by atoms with Crippen molar-refractivity contribution in [3.05, 3.63) is 22.4 Å². The van der Waals surface area contributed by atoms with Crippen LogP contribution < -0.4 is 5.32 Å². The SMILES string of the molecule is CCCCCCOCC(O)CNC(C)Cc1cccs1. The van der Waals surface area contributed by atoms with Crippen LogP contribution in [0.3, 0.4) is 0 Å². The molecule has 1 aromatic heterocycles. The molecule has 0 aliphatic carbocycles. The molecule has 3 nitrogen and oxygen atoms in total. The minimum atomic E-state index is -0.410. The molecule has 0 saturated heterocycles. The fourth-order valence-electron chi connectivity index (χ4n) is 2.05. The van der Waals surface area contributed by atoms with E-state index in [4.69, 9.17) is 4.74 Å². The largest absolute Gasteiger partial charge is 0.389 e. The molecule has 2 atom stereocenters. The number of unbranched alkanes of at least 4 members (excludes halogenated alkanes) is 3. The van der Waals surface area contributed by atoms with Crippen LogP contribution in [0.2, 0.25) is 0 Å². The van der Waals surface area contributed by atoms with Gasteiger partial charge in [0.15, 0.2) is 0 Å². The van der Waals surface area contributed by atoms with Crippen LogP contribution >= 0.6 is 11.3 Å². The monoisotopic (exact) mass is 299 g/mol. The lowest BCUT2D eigenvalue weighted by Gasteiger charge is -2.16. The van der Waals surface area contributed by atoms with E-state index in [1.165, 1.54) is 24.1 Å². The summed E-state index contributed by atoms with van der Waals surface area (Å²) in [6.07, 6.45) is 5.45. The molecule has 0 bridgehead atoms. The van der Waals surface area contributed by atoms with Gasteiger partial charge in [-0.25, -0.2) is 0 Å². The summed E-state index contributed by atoms with van der Waals surface area (Å²) in [5.41, 5.74) is 0. The number of aliphatic hydroxyl groups is 1. The molecule has 0 radical (unpaired) electrons. The molecule has 0 aliphatic heterocycles. The van der Waals surface area contributed by atoms with Crippen molar-refractivity contribution in [2.75, 3.05) is 19.8 Å². The van der Waals surface area contributed by atoms with Crippen LogP contribution in [0.15, 0.2) is 17.5 Å². The Morgan fingerprint density at radius 3 is 2.90 bits per heavy atom. The van der Waals surface area contributed by atoms with Crippen molar-refractivity contribution in [2.24, 2.45) is 0 Å². The van der Waals surface area contributed by atoms with Crippen LogP contribution in [0.5, 0.6) is 0 Å². The van der Waals surface area contributed by atoms with E-state index in [0.29, 0.717) is 19.2 Å². The first-order valence-electron chi connectivity index (χ1n) is 7.74. The van der Waals surface area contributed by atoms with Gasteiger partial charge < -0.3 is 15.2 Å². The maximum absolute atomic E-state index is 9.84. The summed E-state index contributed by atoms with van der Waals surface area (Å²) < 4.78 is 5.49. The number of aliphatic hydroxyl groups excluding tert-OH is 1. The standard InChI is InChI=1S/C16H29NO2S/c1-3-4-5-6-9-19-13-15(18)12-17-14(2)11-16-8-7-10-20-16/h7-8,10,14-15,17-18H,3-6,9,11-13H2,1-2H3. The van der Waals surface area contributed by atoms with Gasteiger partial charge in [0.1, 0.15) is 0 Å². The molecule has 0 amide bonds. The summed E-state index contributed by atoms with van der Waals surface area (Å²) in [5.74, 6) is 0. The summed E-state index contributed by atoms with van der Waals surface area (Å²) in [7, 11) is 0. The molecule has 1 heterocycles. The Kier molecular flexibility index (Phi) is 9.93. The number of nitrogens with one attached hydrogen (secondary N) is 1. The van der Waals surface area contributed by atoms with E-state index in [1.807, 2.05) is 0 Å². The first kappa shape index (κ1) is 17.6. The van der Waals surface area contributed by atoms with Gasteiger partial charge in [-0.3, -0.25) is 0 Å². The zero-order valence-corrected chi connectivity index (χ0v) is 13.6. The normalized spacial score (nSPS) is 14.3. The molecule has 2 unspecified atom stereocenters. The predicted octanol–water partition coefficient (Wildman–Crippen LogP) is 3.23. The van der Waals surface area contributed by atoms with Gasteiger partial charge in [-0.15, -0.1) is 11.3 Å². The second-order valence-electron chi connectivity index (χ2n) is 5.38. The Hall–Kier alpha value is -0.420. The van der Waals surface area contributed by atoms with Crippen LogP contribution in [0.25, 0.3) is 0 Å². The lowest BCUT2D eigenvalue weighted by atomic mass is 10.2. The number of rotatable bonds is 12. The van der Waals surface area contributed by atoms with E-state index < -0.39 is 6.10 Å². The molecule has 0 spiro atoms. The number of hydrogen-bond acceptors (Lipinski definition) is 4. The molecular formula is C16H29NO2S. The first-order valence-corrected chi connectivity index (χ1v) is 8.62. The number of ether oxygens (including phenoxy) is 1. The maximum atomic E-state index is 9.84. The molecule has 20 heavy (non-hydrogen) atoms. The zero-order valence-electron chi connectivity index (χ0n) is 12.8. The summed E-state index contributed by atoms with van der Waals surface area (Å²) in [6, 6.07) is 4.61. The highest BCUT2D eigenvalue weighted by atomic mass is 32.1. The smallest absolute Gasteiger partial charge is 0.0897 e. The van der Waals surface area contributed by atoms with Crippen molar-refractivity contribution < 1.29 is 9.84 Å². The Morgan fingerprint density at radius 2 is 2.20 bits per heavy atom. The van der Waals surface area contributed by atoms with Crippen LogP contribution in [0.1, 0.15) is 44.4 Å². The van der Waals surface area contributed by atoms with E-state index in [-0.39, 0.29) is 0 Å². The summed E-state index contributed by atoms with van der Waals surface area (Å²) in [4.78, 5) is 1.38. The Labute approximate surface area is 127 Å². The highest BCUT2D eigenvalue weighted by Crippen LogP contribution is 2.10. The number of thiophene rings is 1. The second kappa shape index (κ2) is 11.3. The third-order valence-corrected chi connectivity index (χ3v) is 4.14. The fraction of sp³-hybridized carbons (Fsp3) is 0.750. The molecule has 4 heteroatoms. The average Bonchev–Trinajstić information content (AvgIpc) is 2.93. The predicted molar refractivity (Wildman–Crippen MR) is 86.5 cm³/mol. The third-order valence-electron chi connectivity index (χ3n) is 3.24. The van der Waals surface area contributed by atoms with E-state index in [1.54, 1.807) is 11.3 Å². The lowest BCUT2D eigenvalue weighted by Crippen LogP contribution is -2.37. The van der Waals surface area contributed by atoms with Crippen LogP contribution in [0.4, 0.5) is 0 Å². The molecule has 0 aromatic carbocycles. The Balaban J connectivity index is 1.97. The highest BCUT2D eigenvalue weighted by Gasteiger charge is 2.08. The maximum Gasteiger partial charge on any atom is 0.0897 e. The van der Waals surface area contributed by atoms with Crippen LogP contribution in [0, 0.1) is 0 Å². The average molecular weight is 299 g/mol. The van der Waals surface area contributed by atoms with Gasteiger partial charge in [-0.1, -0.05) is 32.3 Å². The summed E-state index contributed by atoms with van der Waals surface area (Å²) >= 11 is 1.78. The van der Waals surface area contributed by atoms with E-state index >= 15 is 0 Å². The molecule has 2 N–H and O–H groups in total. The van der Waals surface area contributed by atoms with E-state index in [0.717, 1.165) is 19.4 Å². The van der Waals surface area contributed by atoms with Gasteiger partial charge in [-0.05, 0) is 31.2 Å². The molecule has 1 aromatic rings. The second-order valence-corrected chi connectivity index (χ2v) is 6.41. The van der Waals surface area contributed by atoms with Crippen molar-refractivity contribution >= 4 is 11.3 Å². The third kappa shape index (κ3) is 8.69. The Bertz CT molecular complexity index is 316. The van der Waals surface area contributed by atoms with Crippen molar-refractivity contribution in [1.82, 2.24) is 5.32 Å². The fourth-order valence-corrected chi connectivity index (χ4v) is 2.88. The van der Waals surface area contributed by atoms with Crippen molar-refractivity contribution in [2.45, 2.75) is 58.1 Å². The first-order chi connectivity index (χ1) is 9.72. The van der Waals surface area contributed by atoms with Gasteiger partial charge in [0.05, 0.1) is 12.7 Å². The molecule has 116 valence electrons. The quantitative estimate of drug-likeness (QED) is 0.582. The number of hydrogen-bond donors (Lipinski definition) is 2. The Morgan fingerprint density at radius 1 is 1.35 bits per heavy atom. The molecule has 1 rings (SSSR count). The summed E-state index contributed by atoms with van der Waals surface area (Å²) in [5, 5.41) is 15.3. The van der Waals surface area contributed by atoms with Gasteiger partial charge in [0.25, 0.3) is 0 Å². The lowest BCUT2D eigenvalue weighted by molar-refractivity contribution is 0.0344. The van der Waals surface area contributed by atoms with Gasteiger partial charge in [0, 0.05) is 24.1 Å². The molecule has 0 fully saturated rings. The van der Waals surface area contributed by atoms with Crippen molar-refractivity contribution in [3.8, 4) is 0 Å². The topological polar surface area (TPSA) is 41.5 Å². The van der Waals surface area contributed by atoms with Crippen LogP contribution in [-0.2, 0) is 11.2 Å². The minimum absolute atomic E-state index is 0.382. The van der Waals surface area contributed by atoms with E-state index in [9.17, 15) is 5.11 Å². The van der Waals surface area contributed by atoms with Crippen LogP contribution in [-0.4, -0.2) is 37.0 Å². The highest BCUT2D eigenvalue weighted by molar-refractivity contribution is 7.09. The van der Waals surface area contributed by atoms with Gasteiger partial charge in [-0.2, -0.15) is 0 Å².